The summed E-state index contributed by atoms with van der Waals surface area (Å²) in [4.78, 5) is 0. The molecule has 1 aromatic heterocycles. The highest BCUT2D eigenvalue weighted by molar-refractivity contribution is 5.54. The van der Waals surface area contributed by atoms with E-state index in [1.807, 2.05) is 36.4 Å². The quantitative estimate of drug-likeness (QED) is 0.768. The number of nitrogens with zero attached hydrogens (tertiary/aromatic N) is 2. The van der Waals surface area contributed by atoms with E-state index in [4.69, 9.17) is 19.6 Å². The molecule has 1 saturated heterocycles. The summed E-state index contributed by atoms with van der Waals surface area (Å²) in [6, 6.07) is 14.6. The van der Waals surface area contributed by atoms with Gasteiger partial charge in [-0.05, 0) is 35.4 Å². The molecule has 3 aromatic rings. The van der Waals surface area contributed by atoms with Crippen molar-refractivity contribution in [2.75, 3.05) is 18.9 Å². The van der Waals surface area contributed by atoms with Crippen molar-refractivity contribution >= 4 is 6.01 Å². The van der Waals surface area contributed by atoms with Gasteiger partial charge in [0.25, 0.3) is 0 Å². The first-order valence-electron chi connectivity index (χ1n) is 7.81. The average Bonchev–Trinajstić information content (AvgIpc) is 3.05. The maximum atomic E-state index is 14.2. The molecule has 0 amide bonds. The van der Waals surface area contributed by atoms with Crippen molar-refractivity contribution in [3.8, 4) is 17.2 Å². The maximum absolute atomic E-state index is 14.2. The minimum Gasteiger partial charge on any atom is -0.489 e. The third-order valence-corrected chi connectivity index (χ3v) is 4.08. The fourth-order valence-corrected chi connectivity index (χ4v) is 2.56. The normalized spacial score (nSPS) is 15.6. The Hall–Kier alpha value is -2.93. The first-order valence-corrected chi connectivity index (χ1v) is 7.81. The van der Waals surface area contributed by atoms with E-state index < -0.39 is 5.67 Å². The van der Waals surface area contributed by atoms with Gasteiger partial charge in [0.15, 0.2) is 5.67 Å². The van der Waals surface area contributed by atoms with Crippen LogP contribution in [0.2, 0.25) is 0 Å². The summed E-state index contributed by atoms with van der Waals surface area (Å²) in [5.41, 5.74) is 6.44. The van der Waals surface area contributed by atoms with Crippen LogP contribution in [-0.4, -0.2) is 23.4 Å². The van der Waals surface area contributed by atoms with Gasteiger partial charge in [0.05, 0.1) is 13.2 Å². The lowest BCUT2D eigenvalue weighted by atomic mass is 9.93. The summed E-state index contributed by atoms with van der Waals surface area (Å²) < 4.78 is 30.1. The number of anilines is 1. The molecule has 0 saturated carbocycles. The van der Waals surface area contributed by atoms with Crippen LogP contribution in [0.1, 0.15) is 11.1 Å². The SMILES string of the molecule is Nc1nnc(-c2ccc(OCc3ccc(C4(F)COC4)cc3)cc2)o1. The molecule has 25 heavy (non-hydrogen) atoms. The number of benzene rings is 2. The number of ether oxygens (including phenoxy) is 2. The molecule has 2 heterocycles. The third-order valence-electron chi connectivity index (χ3n) is 4.08. The third kappa shape index (κ3) is 3.18. The van der Waals surface area contributed by atoms with Crippen molar-refractivity contribution in [1.29, 1.82) is 0 Å². The predicted molar refractivity (Wildman–Crippen MR) is 88.5 cm³/mol. The first kappa shape index (κ1) is 15.6. The Bertz CT molecular complexity index is 858. The molecule has 1 fully saturated rings. The van der Waals surface area contributed by atoms with Crippen LogP contribution in [0.25, 0.3) is 11.5 Å². The van der Waals surface area contributed by atoms with Gasteiger partial charge >= 0.3 is 6.01 Å². The van der Waals surface area contributed by atoms with Crippen LogP contribution >= 0.6 is 0 Å². The van der Waals surface area contributed by atoms with Crippen LogP contribution in [0.5, 0.6) is 5.75 Å². The monoisotopic (exact) mass is 341 g/mol. The first-order chi connectivity index (χ1) is 12.1. The molecule has 0 bridgehead atoms. The number of alkyl halides is 1. The van der Waals surface area contributed by atoms with E-state index in [-0.39, 0.29) is 19.2 Å². The second-order valence-corrected chi connectivity index (χ2v) is 5.91. The fourth-order valence-electron chi connectivity index (χ4n) is 2.56. The van der Waals surface area contributed by atoms with Gasteiger partial charge in [-0.1, -0.05) is 29.4 Å². The van der Waals surface area contributed by atoms with Crippen LogP contribution in [0.15, 0.2) is 52.9 Å². The Morgan fingerprint density at radius 3 is 2.32 bits per heavy atom. The van der Waals surface area contributed by atoms with Gasteiger partial charge in [-0.2, -0.15) is 0 Å². The molecule has 2 N–H and O–H groups in total. The zero-order valence-electron chi connectivity index (χ0n) is 13.3. The van der Waals surface area contributed by atoms with Gasteiger partial charge in [-0.25, -0.2) is 4.39 Å². The molecule has 4 rings (SSSR count). The second kappa shape index (κ2) is 6.18. The maximum Gasteiger partial charge on any atom is 0.313 e. The van der Waals surface area contributed by atoms with E-state index in [0.717, 1.165) is 11.1 Å². The van der Waals surface area contributed by atoms with Gasteiger partial charge in [0, 0.05) is 5.56 Å². The average molecular weight is 341 g/mol. The summed E-state index contributed by atoms with van der Waals surface area (Å²) in [5.74, 6) is 1.06. The van der Waals surface area contributed by atoms with Crippen molar-refractivity contribution in [2.45, 2.75) is 12.3 Å². The summed E-state index contributed by atoms with van der Waals surface area (Å²) in [6.07, 6.45) is 0. The predicted octanol–water partition coefficient (Wildman–Crippen LogP) is 3.09. The highest BCUT2D eigenvalue weighted by Gasteiger charge is 2.40. The van der Waals surface area contributed by atoms with Gasteiger partial charge in [-0.15, -0.1) is 5.10 Å². The van der Waals surface area contributed by atoms with Crippen LogP contribution in [0, 0.1) is 0 Å². The molecule has 128 valence electrons. The molecule has 6 nitrogen and oxygen atoms in total. The molecule has 1 aliphatic rings. The molecule has 0 radical (unpaired) electrons. The van der Waals surface area contributed by atoms with E-state index in [2.05, 4.69) is 10.2 Å². The van der Waals surface area contributed by atoms with Crippen molar-refractivity contribution < 1.29 is 18.3 Å². The summed E-state index contributed by atoms with van der Waals surface area (Å²) >= 11 is 0. The molecule has 2 aromatic carbocycles. The van der Waals surface area contributed by atoms with E-state index in [1.165, 1.54) is 0 Å². The molecule has 0 unspecified atom stereocenters. The Labute approximate surface area is 143 Å². The number of nitrogens with two attached hydrogens (primary N) is 1. The van der Waals surface area contributed by atoms with Crippen molar-refractivity contribution in [1.82, 2.24) is 10.2 Å². The molecule has 0 spiro atoms. The Morgan fingerprint density at radius 1 is 1.04 bits per heavy atom. The number of hydrogen-bond acceptors (Lipinski definition) is 6. The Kier molecular flexibility index (Phi) is 3.85. The minimum atomic E-state index is -1.34. The van der Waals surface area contributed by atoms with E-state index in [0.29, 0.717) is 23.8 Å². The van der Waals surface area contributed by atoms with E-state index >= 15 is 0 Å². The van der Waals surface area contributed by atoms with Gasteiger partial charge < -0.3 is 19.6 Å². The Balaban J connectivity index is 1.38. The lowest BCUT2D eigenvalue weighted by Gasteiger charge is -2.34. The Morgan fingerprint density at radius 2 is 1.76 bits per heavy atom. The molecule has 0 atom stereocenters. The molecule has 0 aliphatic carbocycles. The van der Waals surface area contributed by atoms with Crippen molar-refractivity contribution in [3.05, 3.63) is 59.7 Å². The smallest absolute Gasteiger partial charge is 0.313 e. The molecule has 7 heteroatoms. The zero-order chi connectivity index (χ0) is 17.3. The molecular formula is C18H16FN3O3. The van der Waals surface area contributed by atoms with Crippen LogP contribution in [0.4, 0.5) is 10.4 Å². The lowest BCUT2D eigenvalue weighted by Crippen LogP contribution is -2.42. The highest BCUT2D eigenvalue weighted by Crippen LogP contribution is 2.33. The van der Waals surface area contributed by atoms with Gasteiger partial charge in [0.2, 0.25) is 5.89 Å². The summed E-state index contributed by atoms with van der Waals surface area (Å²) in [7, 11) is 0. The molecule has 1 aliphatic heterocycles. The van der Waals surface area contributed by atoms with Crippen LogP contribution in [-0.2, 0) is 17.0 Å². The van der Waals surface area contributed by atoms with Gasteiger partial charge in [0.1, 0.15) is 12.4 Å². The van der Waals surface area contributed by atoms with Crippen molar-refractivity contribution in [3.63, 3.8) is 0 Å². The standard InChI is InChI=1S/C18H16FN3O3/c19-18(10-23-11-18)14-5-1-12(2-6-14)9-24-15-7-3-13(4-8-15)16-21-22-17(20)25-16/h1-8H,9-11H2,(H2,20,22). The second-order valence-electron chi connectivity index (χ2n) is 5.91. The van der Waals surface area contributed by atoms with E-state index in [9.17, 15) is 4.39 Å². The minimum absolute atomic E-state index is 0.0299. The summed E-state index contributed by atoms with van der Waals surface area (Å²) in [6.45, 7) is 0.644. The highest BCUT2D eigenvalue weighted by atomic mass is 19.1. The van der Waals surface area contributed by atoms with Crippen LogP contribution in [0.3, 0.4) is 0 Å². The number of halogens is 1. The number of hydrogen-bond donors (Lipinski definition) is 1. The fraction of sp³-hybridized carbons (Fsp3) is 0.222. The topological polar surface area (TPSA) is 83.4 Å². The van der Waals surface area contributed by atoms with E-state index in [1.54, 1.807) is 12.1 Å². The largest absolute Gasteiger partial charge is 0.489 e. The number of rotatable bonds is 5. The lowest BCUT2D eigenvalue weighted by molar-refractivity contribution is -0.135. The zero-order valence-corrected chi connectivity index (χ0v) is 13.3. The number of aromatic nitrogens is 2. The van der Waals surface area contributed by atoms with Crippen molar-refractivity contribution in [2.24, 2.45) is 0 Å². The molecular weight excluding hydrogens is 325 g/mol. The summed E-state index contributed by atoms with van der Waals surface area (Å²) in [5, 5.41) is 7.45. The number of nitrogen functional groups attached to an aromatic ring is 1. The van der Waals surface area contributed by atoms with Crippen LogP contribution < -0.4 is 10.5 Å². The van der Waals surface area contributed by atoms with Gasteiger partial charge in [-0.3, -0.25) is 0 Å².